The van der Waals surface area contributed by atoms with Crippen LogP contribution < -0.4 is 16.4 Å². The zero-order valence-electron chi connectivity index (χ0n) is 15.3. The Kier molecular flexibility index (Phi) is 4.84. The second kappa shape index (κ2) is 7.07. The molecular formula is C20H23N3O3. The lowest BCUT2D eigenvalue weighted by Crippen LogP contribution is -2.23. The van der Waals surface area contributed by atoms with Gasteiger partial charge in [-0.15, -0.1) is 0 Å². The van der Waals surface area contributed by atoms with Gasteiger partial charge in [-0.3, -0.25) is 9.78 Å². The van der Waals surface area contributed by atoms with Crippen molar-refractivity contribution in [1.29, 1.82) is 0 Å². The summed E-state index contributed by atoms with van der Waals surface area (Å²) in [5.41, 5.74) is 4.05. The first-order chi connectivity index (χ1) is 12.3. The minimum absolute atomic E-state index is 0.200. The number of rotatable bonds is 5. The molecule has 2 aromatic carbocycles. The maximum absolute atomic E-state index is 12.7. The van der Waals surface area contributed by atoms with Gasteiger partial charge < -0.3 is 15.1 Å². The van der Waals surface area contributed by atoms with E-state index in [1.807, 2.05) is 19.1 Å². The van der Waals surface area contributed by atoms with Crippen LogP contribution in [-0.2, 0) is 0 Å². The van der Waals surface area contributed by atoms with E-state index in [1.54, 1.807) is 24.3 Å². The van der Waals surface area contributed by atoms with E-state index in [2.05, 4.69) is 36.4 Å². The van der Waals surface area contributed by atoms with E-state index in [1.165, 1.54) is 0 Å². The van der Waals surface area contributed by atoms with Crippen molar-refractivity contribution >= 4 is 28.4 Å². The zero-order valence-corrected chi connectivity index (χ0v) is 15.3. The first-order valence-electron chi connectivity index (χ1n) is 8.65. The van der Waals surface area contributed by atoms with E-state index in [-0.39, 0.29) is 5.91 Å². The van der Waals surface area contributed by atoms with Gasteiger partial charge in [0.05, 0.1) is 5.52 Å². The summed E-state index contributed by atoms with van der Waals surface area (Å²) in [5, 5.41) is 6.34. The van der Waals surface area contributed by atoms with Crippen molar-refractivity contribution in [2.24, 2.45) is 5.92 Å². The number of fused-ring (bicyclic) bond motifs is 1. The van der Waals surface area contributed by atoms with Crippen LogP contribution in [-0.4, -0.2) is 16.9 Å². The fourth-order valence-electron chi connectivity index (χ4n) is 2.68. The maximum Gasteiger partial charge on any atom is 0.417 e. The summed E-state index contributed by atoms with van der Waals surface area (Å²) in [7, 11) is 0. The fraction of sp³-hybridized carbons (Fsp3) is 0.300. The molecule has 3 N–H and O–H groups in total. The van der Waals surface area contributed by atoms with E-state index in [9.17, 15) is 9.59 Å². The number of hydrogen-bond donors (Lipinski definition) is 3. The average molecular weight is 353 g/mol. The largest absolute Gasteiger partial charge is 0.417 e. The Morgan fingerprint density at radius 3 is 2.65 bits per heavy atom. The zero-order chi connectivity index (χ0) is 18.8. The van der Waals surface area contributed by atoms with Gasteiger partial charge in [0.15, 0.2) is 5.58 Å². The summed E-state index contributed by atoms with van der Waals surface area (Å²) in [6, 6.07) is 11.0. The molecule has 26 heavy (non-hydrogen) atoms. The van der Waals surface area contributed by atoms with Gasteiger partial charge in [0.25, 0.3) is 5.91 Å². The van der Waals surface area contributed by atoms with Crippen LogP contribution in [0.3, 0.4) is 0 Å². The molecule has 136 valence electrons. The molecule has 0 aliphatic heterocycles. The lowest BCUT2D eigenvalue weighted by atomic mass is 10.0. The van der Waals surface area contributed by atoms with Crippen molar-refractivity contribution < 1.29 is 9.21 Å². The number of amides is 1. The Morgan fingerprint density at radius 1 is 1.15 bits per heavy atom. The molecule has 0 saturated carbocycles. The number of H-pyrrole nitrogens is 1. The number of aromatic nitrogens is 1. The molecule has 1 atom stereocenters. The number of nitrogens with one attached hydrogen (secondary N) is 3. The molecule has 0 radical (unpaired) electrons. The van der Waals surface area contributed by atoms with Crippen LogP contribution in [0.5, 0.6) is 0 Å². The van der Waals surface area contributed by atoms with E-state index < -0.39 is 5.76 Å². The van der Waals surface area contributed by atoms with Crippen LogP contribution in [0.1, 0.15) is 36.7 Å². The summed E-state index contributed by atoms with van der Waals surface area (Å²) in [6.45, 7) is 8.36. The van der Waals surface area contributed by atoms with Gasteiger partial charge in [-0.25, -0.2) is 4.79 Å². The molecule has 6 nitrogen and oxygen atoms in total. The molecule has 1 aromatic heterocycles. The lowest BCUT2D eigenvalue weighted by Gasteiger charge is -2.21. The first kappa shape index (κ1) is 17.8. The molecule has 0 fully saturated rings. The van der Waals surface area contributed by atoms with Crippen LogP contribution >= 0.6 is 0 Å². The Labute approximate surface area is 151 Å². The third-order valence-corrected chi connectivity index (χ3v) is 4.64. The molecule has 0 aliphatic carbocycles. The summed E-state index contributed by atoms with van der Waals surface area (Å²) >= 11 is 0. The quantitative estimate of drug-likeness (QED) is 0.643. The van der Waals surface area contributed by atoms with Crippen molar-refractivity contribution in [2.45, 2.75) is 33.7 Å². The van der Waals surface area contributed by atoms with E-state index in [0.29, 0.717) is 34.3 Å². The Balaban J connectivity index is 1.83. The number of oxazole rings is 1. The summed E-state index contributed by atoms with van der Waals surface area (Å²) < 4.78 is 4.97. The lowest BCUT2D eigenvalue weighted by molar-refractivity contribution is 0.102. The van der Waals surface area contributed by atoms with Crippen LogP contribution in [0.4, 0.5) is 11.4 Å². The van der Waals surface area contributed by atoms with E-state index in [4.69, 9.17) is 4.42 Å². The van der Waals surface area contributed by atoms with Crippen LogP contribution in [0.15, 0.2) is 45.6 Å². The highest BCUT2D eigenvalue weighted by Crippen LogP contribution is 2.23. The minimum atomic E-state index is -0.516. The molecule has 1 heterocycles. The highest BCUT2D eigenvalue weighted by Gasteiger charge is 2.15. The molecule has 1 unspecified atom stereocenters. The number of anilines is 2. The molecule has 3 rings (SSSR count). The number of carbonyl (C=O) groups is 1. The second-order valence-corrected chi connectivity index (χ2v) is 6.83. The van der Waals surface area contributed by atoms with Gasteiger partial charge in [0.2, 0.25) is 0 Å². The highest BCUT2D eigenvalue weighted by molar-refractivity contribution is 6.06. The van der Waals surface area contributed by atoms with Gasteiger partial charge in [-0.1, -0.05) is 19.9 Å². The highest BCUT2D eigenvalue weighted by atomic mass is 16.4. The Morgan fingerprint density at radius 2 is 1.92 bits per heavy atom. The van der Waals surface area contributed by atoms with Gasteiger partial charge in [0, 0.05) is 23.0 Å². The number of hydrogen-bond acceptors (Lipinski definition) is 4. The summed E-state index contributed by atoms with van der Waals surface area (Å²) in [4.78, 5) is 26.5. The first-order valence-corrected chi connectivity index (χ1v) is 8.65. The maximum atomic E-state index is 12.7. The van der Waals surface area contributed by atoms with Gasteiger partial charge in [-0.05, 0) is 55.7 Å². The normalized spacial score (nSPS) is 12.3. The molecule has 0 aliphatic rings. The van der Waals surface area contributed by atoms with Crippen molar-refractivity contribution in [3.05, 3.63) is 58.1 Å². The van der Waals surface area contributed by atoms with Crippen molar-refractivity contribution in [1.82, 2.24) is 4.98 Å². The molecule has 0 bridgehead atoms. The molecule has 6 heteroatoms. The SMILES string of the molecule is Cc1c(NC(C)C(C)C)cccc1C(=O)Nc1ccc2oc(=O)[nH]c2c1. The van der Waals surface area contributed by atoms with Crippen molar-refractivity contribution in [2.75, 3.05) is 10.6 Å². The Hall–Kier alpha value is -3.02. The van der Waals surface area contributed by atoms with Crippen LogP contribution in [0.2, 0.25) is 0 Å². The molecule has 0 spiro atoms. The van der Waals surface area contributed by atoms with Gasteiger partial charge >= 0.3 is 5.76 Å². The van der Waals surface area contributed by atoms with Gasteiger partial charge in [0.1, 0.15) is 0 Å². The third kappa shape index (κ3) is 3.64. The third-order valence-electron chi connectivity index (χ3n) is 4.64. The Bertz CT molecular complexity index is 1000. The minimum Gasteiger partial charge on any atom is -0.408 e. The predicted octanol–water partition coefficient (Wildman–Crippen LogP) is 4.14. The van der Waals surface area contributed by atoms with Crippen molar-refractivity contribution in [3.63, 3.8) is 0 Å². The number of carbonyl (C=O) groups excluding carboxylic acids is 1. The topological polar surface area (TPSA) is 87.1 Å². The van der Waals surface area contributed by atoms with E-state index >= 15 is 0 Å². The second-order valence-electron chi connectivity index (χ2n) is 6.83. The van der Waals surface area contributed by atoms with Crippen LogP contribution in [0, 0.1) is 12.8 Å². The molecule has 3 aromatic rings. The molecule has 0 saturated heterocycles. The van der Waals surface area contributed by atoms with E-state index in [0.717, 1.165) is 11.3 Å². The predicted molar refractivity (Wildman–Crippen MR) is 104 cm³/mol. The monoisotopic (exact) mass is 353 g/mol. The average Bonchev–Trinajstić information content (AvgIpc) is 2.95. The molecule has 1 amide bonds. The standard InChI is InChI=1S/C20H23N3O3/c1-11(2)13(4)21-16-7-5-6-15(12(16)3)19(24)22-14-8-9-18-17(10-14)23-20(25)26-18/h5-11,13,21H,1-4H3,(H,22,24)(H,23,25). The summed E-state index contributed by atoms with van der Waals surface area (Å²) in [6.07, 6.45) is 0. The number of aromatic amines is 1. The smallest absolute Gasteiger partial charge is 0.408 e. The molecular weight excluding hydrogens is 330 g/mol. The van der Waals surface area contributed by atoms with Crippen LogP contribution in [0.25, 0.3) is 11.1 Å². The van der Waals surface area contributed by atoms with Crippen molar-refractivity contribution in [3.8, 4) is 0 Å². The fourth-order valence-corrected chi connectivity index (χ4v) is 2.68. The number of benzene rings is 2. The summed E-state index contributed by atoms with van der Waals surface area (Å²) in [5.74, 6) is -0.235. The van der Waals surface area contributed by atoms with Gasteiger partial charge in [-0.2, -0.15) is 0 Å².